The van der Waals surface area contributed by atoms with E-state index in [1.807, 2.05) is 0 Å². The van der Waals surface area contributed by atoms with Gasteiger partial charge in [-0.25, -0.2) is 0 Å². The minimum absolute atomic E-state index is 0.217. The Morgan fingerprint density at radius 3 is 2.35 bits per heavy atom. The Hall–Kier alpha value is -0.0800. The lowest BCUT2D eigenvalue weighted by atomic mass is 9.77. The highest BCUT2D eigenvalue weighted by molar-refractivity contribution is 4.91. The zero-order chi connectivity index (χ0) is 12.7. The van der Waals surface area contributed by atoms with Gasteiger partial charge < -0.3 is 10.1 Å². The van der Waals surface area contributed by atoms with Crippen molar-refractivity contribution in [1.82, 2.24) is 5.32 Å². The number of ether oxygens (including phenoxy) is 1. The fourth-order valence-corrected chi connectivity index (χ4v) is 2.75. The summed E-state index contributed by atoms with van der Waals surface area (Å²) in [6.45, 7) is 11.2. The van der Waals surface area contributed by atoms with E-state index in [9.17, 15) is 0 Å². The molecule has 102 valence electrons. The number of nitrogens with one attached hydrogen (secondary N) is 1. The van der Waals surface area contributed by atoms with Gasteiger partial charge in [0.25, 0.3) is 0 Å². The molecule has 0 radical (unpaired) electrons. The Labute approximate surface area is 108 Å². The highest BCUT2D eigenvalue weighted by Gasteiger charge is 2.38. The average Bonchev–Trinajstić information content (AvgIpc) is 2.19. The van der Waals surface area contributed by atoms with E-state index in [2.05, 4.69) is 33.0 Å². The molecule has 0 amide bonds. The van der Waals surface area contributed by atoms with Crippen molar-refractivity contribution in [2.45, 2.75) is 77.9 Å². The lowest BCUT2D eigenvalue weighted by molar-refractivity contribution is -0.141. The third-order valence-corrected chi connectivity index (χ3v) is 3.70. The van der Waals surface area contributed by atoms with Gasteiger partial charge >= 0.3 is 0 Å². The fraction of sp³-hybridized carbons (Fsp3) is 1.00. The van der Waals surface area contributed by atoms with Crippen molar-refractivity contribution < 1.29 is 4.74 Å². The van der Waals surface area contributed by atoms with Gasteiger partial charge in [0.05, 0.1) is 11.7 Å². The molecule has 1 saturated carbocycles. The van der Waals surface area contributed by atoms with Crippen LogP contribution in [0, 0.1) is 5.92 Å². The molecule has 0 aliphatic heterocycles. The second-order valence-corrected chi connectivity index (χ2v) is 6.09. The molecule has 1 fully saturated rings. The normalized spacial score (nSPS) is 20.3. The van der Waals surface area contributed by atoms with Crippen molar-refractivity contribution in [3.8, 4) is 0 Å². The molecule has 0 heterocycles. The lowest BCUT2D eigenvalue weighted by Gasteiger charge is -2.44. The molecule has 2 heteroatoms. The Bertz CT molecular complexity index is 199. The standard InChI is InChI=1S/C15H31NO/c1-5-10-16-11-9-15(7-6-8-15)17-14(4)12-13(2)3/h13-14,16H,5-12H2,1-4H3. The molecule has 1 rings (SSSR count). The summed E-state index contributed by atoms with van der Waals surface area (Å²) >= 11 is 0. The molecule has 0 aromatic heterocycles. The zero-order valence-corrected chi connectivity index (χ0v) is 12.2. The van der Waals surface area contributed by atoms with Gasteiger partial charge in [-0.15, -0.1) is 0 Å². The van der Waals surface area contributed by atoms with Gasteiger partial charge in [-0.05, 0) is 64.5 Å². The van der Waals surface area contributed by atoms with Crippen molar-refractivity contribution in [2.75, 3.05) is 13.1 Å². The van der Waals surface area contributed by atoms with E-state index in [0.717, 1.165) is 19.0 Å². The van der Waals surface area contributed by atoms with E-state index in [-0.39, 0.29) is 5.60 Å². The first kappa shape index (κ1) is 15.0. The average molecular weight is 241 g/mol. The molecule has 1 atom stereocenters. The lowest BCUT2D eigenvalue weighted by Crippen LogP contribution is -2.45. The molecule has 1 aliphatic carbocycles. The topological polar surface area (TPSA) is 21.3 Å². The third kappa shape index (κ3) is 5.39. The maximum absolute atomic E-state index is 6.32. The smallest absolute Gasteiger partial charge is 0.0698 e. The monoisotopic (exact) mass is 241 g/mol. The first-order valence-corrected chi connectivity index (χ1v) is 7.46. The van der Waals surface area contributed by atoms with E-state index in [0.29, 0.717) is 6.10 Å². The summed E-state index contributed by atoms with van der Waals surface area (Å²) in [5.41, 5.74) is 0.217. The minimum atomic E-state index is 0.217. The number of hydrogen-bond donors (Lipinski definition) is 1. The molecule has 2 nitrogen and oxygen atoms in total. The van der Waals surface area contributed by atoms with Gasteiger partial charge in [0.15, 0.2) is 0 Å². The molecule has 0 bridgehead atoms. The van der Waals surface area contributed by atoms with Gasteiger partial charge in [0.1, 0.15) is 0 Å². The summed E-state index contributed by atoms with van der Waals surface area (Å²) in [6.07, 6.45) is 7.90. The maximum atomic E-state index is 6.32. The van der Waals surface area contributed by atoms with Crippen molar-refractivity contribution in [3.05, 3.63) is 0 Å². The van der Waals surface area contributed by atoms with Crippen LogP contribution >= 0.6 is 0 Å². The van der Waals surface area contributed by atoms with Gasteiger partial charge in [-0.3, -0.25) is 0 Å². The van der Waals surface area contributed by atoms with Crippen molar-refractivity contribution in [1.29, 1.82) is 0 Å². The largest absolute Gasteiger partial charge is 0.372 e. The van der Waals surface area contributed by atoms with Gasteiger partial charge in [-0.1, -0.05) is 20.8 Å². The second-order valence-electron chi connectivity index (χ2n) is 6.09. The van der Waals surface area contributed by atoms with Gasteiger partial charge in [-0.2, -0.15) is 0 Å². The molecule has 1 N–H and O–H groups in total. The number of rotatable bonds is 9. The molecular weight excluding hydrogens is 210 g/mol. The third-order valence-electron chi connectivity index (χ3n) is 3.70. The quantitative estimate of drug-likeness (QED) is 0.621. The predicted molar refractivity (Wildman–Crippen MR) is 74.4 cm³/mol. The van der Waals surface area contributed by atoms with Crippen LogP contribution < -0.4 is 5.32 Å². The van der Waals surface area contributed by atoms with Crippen LogP contribution in [0.15, 0.2) is 0 Å². The van der Waals surface area contributed by atoms with Crippen LogP contribution in [-0.2, 0) is 4.74 Å². The van der Waals surface area contributed by atoms with Crippen LogP contribution in [0.25, 0.3) is 0 Å². The molecule has 0 saturated heterocycles. The molecule has 0 aromatic rings. The second kappa shape index (κ2) is 7.38. The van der Waals surface area contributed by atoms with Crippen LogP contribution in [0.2, 0.25) is 0 Å². The molecular formula is C15H31NO. The van der Waals surface area contributed by atoms with Crippen molar-refractivity contribution in [2.24, 2.45) is 5.92 Å². The van der Waals surface area contributed by atoms with E-state index >= 15 is 0 Å². The highest BCUT2D eigenvalue weighted by atomic mass is 16.5. The molecule has 17 heavy (non-hydrogen) atoms. The Morgan fingerprint density at radius 2 is 1.88 bits per heavy atom. The van der Waals surface area contributed by atoms with E-state index in [4.69, 9.17) is 4.74 Å². The van der Waals surface area contributed by atoms with E-state index < -0.39 is 0 Å². The predicted octanol–water partition coefficient (Wildman–Crippen LogP) is 3.75. The summed E-state index contributed by atoms with van der Waals surface area (Å²) in [5.74, 6) is 0.736. The summed E-state index contributed by atoms with van der Waals surface area (Å²) in [4.78, 5) is 0. The van der Waals surface area contributed by atoms with Crippen LogP contribution in [-0.4, -0.2) is 24.8 Å². The first-order chi connectivity index (χ1) is 8.08. The Morgan fingerprint density at radius 1 is 1.18 bits per heavy atom. The van der Waals surface area contributed by atoms with E-state index in [1.54, 1.807) is 0 Å². The Balaban J connectivity index is 2.25. The summed E-state index contributed by atoms with van der Waals surface area (Å²) < 4.78 is 6.32. The molecule has 0 aromatic carbocycles. The minimum Gasteiger partial charge on any atom is -0.372 e. The maximum Gasteiger partial charge on any atom is 0.0698 e. The van der Waals surface area contributed by atoms with Crippen LogP contribution in [0.1, 0.15) is 66.2 Å². The highest BCUT2D eigenvalue weighted by Crippen LogP contribution is 2.39. The van der Waals surface area contributed by atoms with Crippen LogP contribution in [0.5, 0.6) is 0 Å². The zero-order valence-electron chi connectivity index (χ0n) is 12.2. The summed E-state index contributed by atoms with van der Waals surface area (Å²) in [6, 6.07) is 0. The van der Waals surface area contributed by atoms with E-state index in [1.165, 1.54) is 38.5 Å². The molecule has 1 unspecified atom stereocenters. The van der Waals surface area contributed by atoms with Gasteiger partial charge in [0, 0.05) is 0 Å². The summed E-state index contributed by atoms with van der Waals surface area (Å²) in [7, 11) is 0. The van der Waals surface area contributed by atoms with Gasteiger partial charge in [0.2, 0.25) is 0 Å². The van der Waals surface area contributed by atoms with Crippen molar-refractivity contribution in [3.63, 3.8) is 0 Å². The summed E-state index contributed by atoms with van der Waals surface area (Å²) in [5, 5.41) is 3.49. The molecule has 1 aliphatic rings. The van der Waals surface area contributed by atoms with Crippen LogP contribution in [0.3, 0.4) is 0 Å². The SMILES string of the molecule is CCCNCCC1(OC(C)CC(C)C)CCC1. The number of hydrogen-bond acceptors (Lipinski definition) is 2. The first-order valence-electron chi connectivity index (χ1n) is 7.46. The van der Waals surface area contributed by atoms with Crippen molar-refractivity contribution >= 4 is 0 Å². The van der Waals surface area contributed by atoms with Crippen LogP contribution in [0.4, 0.5) is 0 Å². The Kier molecular flexibility index (Phi) is 6.50. The molecule has 0 spiro atoms. The fourth-order valence-electron chi connectivity index (χ4n) is 2.75.